The predicted octanol–water partition coefficient (Wildman–Crippen LogP) is 3.56. The molecule has 24 heavy (non-hydrogen) atoms. The van der Waals surface area contributed by atoms with Crippen molar-refractivity contribution in [3.8, 4) is 17.6 Å². The van der Waals surface area contributed by atoms with Crippen LogP contribution in [0.4, 0.5) is 5.69 Å². The largest absolute Gasteiger partial charge is 0.496 e. The van der Waals surface area contributed by atoms with Gasteiger partial charge in [-0.1, -0.05) is 18.2 Å². The molecule has 122 valence electrons. The number of amides is 1. The fourth-order valence-electron chi connectivity index (χ4n) is 2.24. The van der Waals surface area contributed by atoms with E-state index in [-0.39, 0.29) is 5.57 Å². The molecule has 0 aromatic heterocycles. The topological polar surface area (TPSA) is 71.3 Å². The van der Waals surface area contributed by atoms with E-state index in [0.29, 0.717) is 11.4 Å². The van der Waals surface area contributed by atoms with Crippen molar-refractivity contribution in [3.05, 3.63) is 59.2 Å². The average Bonchev–Trinajstić information content (AvgIpc) is 2.60. The third kappa shape index (κ3) is 3.93. The number of nitriles is 1. The maximum atomic E-state index is 12.3. The Morgan fingerprint density at radius 3 is 2.46 bits per heavy atom. The Hall–Kier alpha value is -3.26. The van der Waals surface area contributed by atoms with E-state index in [1.54, 1.807) is 43.5 Å². The number of ether oxygens (including phenoxy) is 2. The zero-order valence-electron chi connectivity index (χ0n) is 13.8. The van der Waals surface area contributed by atoms with Gasteiger partial charge >= 0.3 is 0 Å². The second-order valence-electron chi connectivity index (χ2n) is 5.05. The summed E-state index contributed by atoms with van der Waals surface area (Å²) in [4.78, 5) is 12.3. The molecular formula is C19H18N2O3. The van der Waals surface area contributed by atoms with Crippen LogP contribution < -0.4 is 14.8 Å². The fraction of sp³-hybridized carbons (Fsp3) is 0.158. The van der Waals surface area contributed by atoms with Gasteiger partial charge in [0, 0.05) is 0 Å². The van der Waals surface area contributed by atoms with Crippen LogP contribution in [0.25, 0.3) is 6.08 Å². The summed E-state index contributed by atoms with van der Waals surface area (Å²) < 4.78 is 10.4. The molecule has 2 aromatic rings. The summed E-state index contributed by atoms with van der Waals surface area (Å²) in [6.45, 7) is 1.90. The lowest BCUT2D eigenvalue weighted by atomic mass is 10.1. The Morgan fingerprint density at radius 2 is 1.83 bits per heavy atom. The van der Waals surface area contributed by atoms with Crippen LogP contribution in [0.5, 0.6) is 11.5 Å². The summed E-state index contributed by atoms with van der Waals surface area (Å²) in [5.41, 5.74) is 2.19. The van der Waals surface area contributed by atoms with Gasteiger partial charge in [0.25, 0.3) is 5.91 Å². The van der Waals surface area contributed by atoms with Crippen molar-refractivity contribution in [2.45, 2.75) is 6.92 Å². The van der Waals surface area contributed by atoms with E-state index in [1.165, 1.54) is 13.2 Å². The number of para-hydroxylation sites is 2. The summed E-state index contributed by atoms with van der Waals surface area (Å²) in [5.74, 6) is 0.794. The van der Waals surface area contributed by atoms with E-state index in [9.17, 15) is 10.1 Å². The average molecular weight is 322 g/mol. The molecular weight excluding hydrogens is 304 g/mol. The van der Waals surface area contributed by atoms with Crippen molar-refractivity contribution in [3.63, 3.8) is 0 Å². The number of aryl methyl sites for hydroxylation is 1. The van der Waals surface area contributed by atoms with Crippen LogP contribution >= 0.6 is 0 Å². The maximum Gasteiger partial charge on any atom is 0.266 e. The number of benzene rings is 2. The van der Waals surface area contributed by atoms with Crippen molar-refractivity contribution in [2.24, 2.45) is 0 Å². The zero-order valence-corrected chi connectivity index (χ0v) is 13.8. The van der Waals surface area contributed by atoms with E-state index in [1.807, 2.05) is 19.1 Å². The standard InChI is InChI=1S/C19H18N2O3/c1-13-10-14(8-9-17(13)23-2)11-15(12-20)19(22)21-16-6-4-5-7-18(16)24-3/h4-11H,1-3H3,(H,21,22)/b15-11+. The highest BCUT2D eigenvalue weighted by Crippen LogP contribution is 2.24. The first-order valence-corrected chi connectivity index (χ1v) is 7.30. The van der Waals surface area contributed by atoms with Crippen molar-refractivity contribution in [2.75, 3.05) is 19.5 Å². The number of nitrogens with one attached hydrogen (secondary N) is 1. The third-order valence-corrected chi connectivity index (χ3v) is 3.45. The minimum Gasteiger partial charge on any atom is -0.496 e. The third-order valence-electron chi connectivity index (χ3n) is 3.45. The van der Waals surface area contributed by atoms with Gasteiger partial charge < -0.3 is 14.8 Å². The van der Waals surface area contributed by atoms with Gasteiger partial charge in [-0.25, -0.2) is 0 Å². The number of hydrogen-bond acceptors (Lipinski definition) is 4. The van der Waals surface area contributed by atoms with Crippen LogP contribution in [-0.4, -0.2) is 20.1 Å². The molecule has 2 aromatic carbocycles. The monoisotopic (exact) mass is 322 g/mol. The van der Waals surface area contributed by atoms with Crippen molar-refractivity contribution in [1.82, 2.24) is 0 Å². The molecule has 0 aliphatic carbocycles. The van der Waals surface area contributed by atoms with Crippen molar-refractivity contribution >= 4 is 17.7 Å². The molecule has 0 radical (unpaired) electrons. The van der Waals surface area contributed by atoms with Gasteiger partial charge in [-0.2, -0.15) is 5.26 Å². The van der Waals surface area contributed by atoms with Crippen molar-refractivity contribution in [1.29, 1.82) is 5.26 Å². The fourth-order valence-corrected chi connectivity index (χ4v) is 2.24. The Labute approximate surface area is 141 Å². The minimum absolute atomic E-state index is 0.00507. The van der Waals surface area contributed by atoms with Gasteiger partial charge in [0.1, 0.15) is 23.1 Å². The maximum absolute atomic E-state index is 12.3. The first-order chi connectivity index (χ1) is 11.6. The molecule has 0 fully saturated rings. The molecule has 2 rings (SSSR count). The highest BCUT2D eigenvalue weighted by atomic mass is 16.5. The molecule has 0 aliphatic rings. The van der Waals surface area contributed by atoms with Crippen LogP contribution in [-0.2, 0) is 4.79 Å². The quantitative estimate of drug-likeness (QED) is 0.675. The minimum atomic E-state index is -0.490. The van der Waals surface area contributed by atoms with E-state index in [0.717, 1.165) is 16.9 Å². The van der Waals surface area contributed by atoms with Gasteiger partial charge in [-0.3, -0.25) is 4.79 Å². The molecule has 1 N–H and O–H groups in total. The van der Waals surface area contributed by atoms with Crippen LogP contribution in [0.3, 0.4) is 0 Å². The summed E-state index contributed by atoms with van der Waals surface area (Å²) in [6, 6.07) is 14.4. The molecule has 0 atom stereocenters. The number of carbonyl (C=O) groups is 1. The second-order valence-corrected chi connectivity index (χ2v) is 5.05. The molecule has 5 nitrogen and oxygen atoms in total. The number of carbonyl (C=O) groups excluding carboxylic acids is 1. The second kappa shape index (κ2) is 7.84. The van der Waals surface area contributed by atoms with E-state index >= 15 is 0 Å². The number of anilines is 1. The van der Waals surface area contributed by atoms with Crippen LogP contribution in [0.1, 0.15) is 11.1 Å². The summed E-state index contributed by atoms with van der Waals surface area (Å²) >= 11 is 0. The Kier molecular flexibility index (Phi) is 5.58. The SMILES string of the molecule is COc1ccc(/C=C(\C#N)C(=O)Nc2ccccc2OC)cc1C. The van der Waals surface area contributed by atoms with Crippen LogP contribution in [0.15, 0.2) is 48.0 Å². The van der Waals surface area contributed by atoms with E-state index < -0.39 is 5.91 Å². The number of nitrogens with zero attached hydrogens (tertiary/aromatic N) is 1. The first kappa shape index (κ1) is 17.1. The molecule has 0 spiro atoms. The molecule has 0 saturated carbocycles. The molecule has 0 unspecified atom stereocenters. The van der Waals surface area contributed by atoms with Gasteiger partial charge in [0.2, 0.25) is 0 Å². The van der Waals surface area contributed by atoms with Crippen LogP contribution in [0, 0.1) is 18.3 Å². The van der Waals surface area contributed by atoms with Gasteiger partial charge in [-0.05, 0) is 48.4 Å². The number of hydrogen-bond donors (Lipinski definition) is 1. The van der Waals surface area contributed by atoms with E-state index in [4.69, 9.17) is 9.47 Å². The molecule has 0 heterocycles. The van der Waals surface area contributed by atoms with Crippen molar-refractivity contribution < 1.29 is 14.3 Å². The van der Waals surface area contributed by atoms with E-state index in [2.05, 4.69) is 5.32 Å². The van der Waals surface area contributed by atoms with Gasteiger partial charge in [-0.15, -0.1) is 0 Å². The molecule has 0 aliphatic heterocycles. The van der Waals surface area contributed by atoms with Gasteiger partial charge in [0.15, 0.2) is 0 Å². The highest BCUT2D eigenvalue weighted by molar-refractivity contribution is 6.10. The highest BCUT2D eigenvalue weighted by Gasteiger charge is 2.12. The molecule has 0 saturated heterocycles. The predicted molar refractivity (Wildman–Crippen MR) is 92.9 cm³/mol. The summed E-state index contributed by atoms with van der Waals surface area (Å²) in [6.07, 6.45) is 1.54. The zero-order chi connectivity index (χ0) is 17.5. The lowest BCUT2D eigenvalue weighted by molar-refractivity contribution is -0.112. The normalized spacial score (nSPS) is 10.7. The molecule has 1 amide bonds. The lowest BCUT2D eigenvalue weighted by Gasteiger charge is -2.09. The lowest BCUT2D eigenvalue weighted by Crippen LogP contribution is -2.14. The van der Waals surface area contributed by atoms with Crippen LogP contribution in [0.2, 0.25) is 0 Å². The Bertz CT molecular complexity index is 820. The Morgan fingerprint density at radius 1 is 1.12 bits per heavy atom. The number of methoxy groups -OCH3 is 2. The molecule has 5 heteroatoms. The summed E-state index contributed by atoms with van der Waals surface area (Å²) in [5, 5.41) is 12.0. The van der Waals surface area contributed by atoms with Gasteiger partial charge in [0.05, 0.1) is 19.9 Å². The smallest absolute Gasteiger partial charge is 0.266 e. The molecule has 0 bridgehead atoms. The summed E-state index contributed by atoms with van der Waals surface area (Å²) in [7, 11) is 3.12. The number of rotatable bonds is 5. The first-order valence-electron chi connectivity index (χ1n) is 7.30. The Balaban J connectivity index is 2.26.